The molecule has 5 nitrogen and oxygen atoms in total. The Kier molecular flexibility index (Phi) is 5.92. The number of aliphatic imine (C=N–C) groups is 1. The van der Waals surface area contributed by atoms with Gasteiger partial charge in [-0.25, -0.2) is 4.39 Å². The van der Waals surface area contributed by atoms with Crippen LogP contribution in [-0.4, -0.2) is 56.3 Å². The smallest absolute Gasteiger partial charge is 0.191 e. The molecule has 0 aliphatic carbocycles. The molecule has 0 amide bonds. The minimum Gasteiger partial charge on any atom is -0.376 e. The van der Waals surface area contributed by atoms with Gasteiger partial charge in [-0.05, 0) is 25.5 Å². The normalized spacial score (nSPS) is 23.3. The van der Waals surface area contributed by atoms with Gasteiger partial charge in [-0.2, -0.15) is 0 Å². The lowest BCUT2D eigenvalue weighted by Crippen LogP contribution is -2.49. The topological polar surface area (TPSA) is 48.9 Å². The summed E-state index contributed by atoms with van der Waals surface area (Å²) in [4.78, 5) is 6.66. The minimum atomic E-state index is -0.271. The number of nitrogens with one attached hydrogen (secondary N) is 2. The fourth-order valence-electron chi connectivity index (χ4n) is 3.22. The summed E-state index contributed by atoms with van der Waals surface area (Å²) < 4.78 is 20.1. The van der Waals surface area contributed by atoms with Crippen molar-refractivity contribution in [1.29, 1.82) is 0 Å². The highest BCUT2D eigenvalue weighted by Crippen LogP contribution is 2.31. The highest BCUT2D eigenvalue weighted by atomic mass is 35.5. The molecule has 132 valence electrons. The molecule has 1 fully saturated rings. The standard InChI is InChI=1S/C17H24ClFN4O/c1-12-11-23(8-9-24-12)15(10-22-17-20-6-3-7-21-17)16-13(18)4-2-5-14(16)19/h2,4-5,12,15H,3,6-11H2,1H3,(H2,20,21,22). The lowest BCUT2D eigenvalue weighted by atomic mass is 10.0. The van der Waals surface area contributed by atoms with Crippen molar-refractivity contribution in [2.45, 2.75) is 25.5 Å². The molecule has 1 aromatic rings. The minimum absolute atomic E-state index is 0.122. The number of guanidine groups is 1. The third kappa shape index (κ3) is 4.18. The van der Waals surface area contributed by atoms with Crippen LogP contribution in [0.25, 0.3) is 0 Å². The third-order valence-corrected chi connectivity index (χ3v) is 4.74. The monoisotopic (exact) mass is 354 g/mol. The molecular weight excluding hydrogens is 331 g/mol. The van der Waals surface area contributed by atoms with E-state index in [-0.39, 0.29) is 18.0 Å². The summed E-state index contributed by atoms with van der Waals surface area (Å²) in [6, 6.07) is 4.68. The third-order valence-electron chi connectivity index (χ3n) is 4.41. The molecule has 0 spiro atoms. The van der Waals surface area contributed by atoms with E-state index in [0.29, 0.717) is 23.7 Å². The number of morpholine rings is 1. The van der Waals surface area contributed by atoms with E-state index < -0.39 is 0 Å². The first-order valence-electron chi connectivity index (χ1n) is 8.47. The highest BCUT2D eigenvalue weighted by molar-refractivity contribution is 6.31. The molecule has 1 saturated heterocycles. The van der Waals surface area contributed by atoms with Crippen LogP contribution >= 0.6 is 11.6 Å². The Labute approximate surface area is 147 Å². The molecule has 2 N–H and O–H groups in total. The molecule has 1 aromatic carbocycles. The predicted octanol–water partition coefficient (Wildman–Crippen LogP) is 2.18. The van der Waals surface area contributed by atoms with E-state index in [1.807, 2.05) is 6.92 Å². The Morgan fingerprint density at radius 2 is 2.42 bits per heavy atom. The average Bonchev–Trinajstić information content (AvgIpc) is 2.58. The molecule has 0 bridgehead atoms. The summed E-state index contributed by atoms with van der Waals surface area (Å²) in [6.07, 6.45) is 1.16. The average molecular weight is 355 g/mol. The number of halogens is 2. The van der Waals surface area contributed by atoms with E-state index in [2.05, 4.69) is 20.5 Å². The summed E-state index contributed by atoms with van der Waals surface area (Å²) >= 11 is 6.33. The van der Waals surface area contributed by atoms with Crippen LogP contribution < -0.4 is 10.6 Å². The number of ether oxygens (including phenoxy) is 1. The molecule has 0 aromatic heterocycles. The molecule has 2 heterocycles. The van der Waals surface area contributed by atoms with E-state index in [0.717, 1.165) is 38.6 Å². The van der Waals surface area contributed by atoms with Gasteiger partial charge in [0.1, 0.15) is 5.82 Å². The first-order valence-corrected chi connectivity index (χ1v) is 8.84. The highest BCUT2D eigenvalue weighted by Gasteiger charge is 2.29. The van der Waals surface area contributed by atoms with Crippen molar-refractivity contribution >= 4 is 17.6 Å². The summed E-state index contributed by atoms with van der Waals surface area (Å²) in [5, 5.41) is 7.01. The largest absolute Gasteiger partial charge is 0.376 e. The Hall–Kier alpha value is -1.37. The molecule has 2 aliphatic heterocycles. The molecule has 0 saturated carbocycles. The van der Waals surface area contributed by atoms with Gasteiger partial charge in [0.15, 0.2) is 5.96 Å². The first kappa shape index (κ1) is 17.5. The first-order chi connectivity index (χ1) is 11.6. The number of benzene rings is 1. The zero-order valence-electron chi connectivity index (χ0n) is 13.9. The van der Waals surface area contributed by atoms with E-state index in [1.165, 1.54) is 6.07 Å². The van der Waals surface area contributed by atoms with E-state index in [1.54, 1.807) is 12.1 Å². The fraction of sp³-hybridized carbons (Fsp3) is 0.588. The molecule has 2 atom stereocenters. The van der Waals surface area contributed by atoms with Gasteiger partial charge < -0.3 is 15.4 Å². The lowest BCUT2D eigenvalue weighted by Gasteiger charge is -2.38. The van der Waals surface area contributed by atoms with Gasteiger partial charge in [0, 0.05) is 43.3 Å². The van der Waals surface area contributed by atoms with Crippen LogP contribution in [0.2, 0.25) is 5.02 Å². The van der Waals surface area contributed by atoms with Crippen molar-refractivity contribution in [3.8, 4) is 0 Å². The molecule has 2 unspecified atom stereocenters. The second-order valence-corrected chi connectivity index (χ2v) is 6.63. The molecule has 2 aliphatic rings. The summed E-state index contributed by atoms with van der Waals surface area (Å²) in [6.45, 7) is 6.44. The van der Waals surface area contributed by atoms with Crippen molar-refractivity contribution in [1.82, 2.24) is 15.5 Å². The zero-order valence-corrected chi connectivity index (χ0v) is 14.7. The number of hydrogen-bond acceptors (Lipinski definition) is 5. The second-order valence-electron chi connectivity index (χ2n) is 6.22. The second kappa shape index (κ2) is 8.14. The van der Waals surface area contributed by atoms with Crippen LogP contribution in [0, 0.1) is 5.82 Å². The van der Waals surface area contributed by atoms with Crippen molar-refractivity contribution in [2.24, 2.45) is 4.99 Å². The maximum atomic E-state index is 14.5. The van der Waals surface area contributed by atoms with Gasteiger partial charge in [-0.1, -0.05) is 17.7 Å². The molecular formula is C17H24ClFN4O. The summed E-state index contributed by atoms with van der Waals surface area (Å²) in [5.74, 6) is 0.506. The van der Waals surface area contributed by atoms with Crippen LogP contribution in [0.1, 0.15) is 24.9 Å². The van der Waals surface area contributed by atoms with Crippen molar-refractivity contribution in [3.63, 3.8) is 0 Å². The van der Waals surface area contributed by atoms with Crippen molar-refractivity contribution < 1.29 is 9.13 Å². The lowest BCUT2D eigenvalue weighted by molar-refractivity contribution is -0.0343. The van der Waals surface area contributed by atoms with Gasteiger partial charge in [0.05, 0.1) is 18.8 Å². The van der Waals surface area contributed by atoms with E-state index in [9.17, 15) is 4.39 Å². The molecule has 3 rings (SSSR count). The van der Waals surface area contributed by atoms with Crippen LogP contribution in [0.5, 0.6) is 0 Å². The van der Waals surface area contributed by atoms with Crippen LogP contribution in [0.3, 0.4) is 0 Å². The number of nitrogens with zero attached hydrogens (tertiary/aromatic N) is 2. The van der Waals surface area contributed by atoms with Gasteiger partial charge >= 0.3 is 0 Å². The van der Waals surface area contributed by atoms with Crippen LogP contribution in [0.4, 0.5) is 4.39 Å². The van der Waals surface area contributed by atoms with Gasteiger partial charge in [-0.15, -0.1) is 0 Å². The Bertz CT molecular complexity index is 578. The predicted molar refractivity (Wildman–Crippen MR) is 94.1 cm³/mol. The van der Waals surface area contributed by atoms with Crippen LogP contribution in [-0.2, 0) is 4.74 Å². The van der Waals surface area contributed by atoms with Gasteiger partial charge in [0.2, 0.25) is 0 Å². The van der Waals surface area contributed by atoms with Crippen LogP contribution in [0.15, 0.2) is 23.2 Å². The summed E-state index contributed by atoms with van der Waals surface area (Å²) in [7, 11) is 0. The van der Waals surface area contributed by atoms with Crippen molar-refractivity contribution in [2.75, 3.05) is 39.3 Å². The number of rotatable bonds is 4. The van der Waals surface area contributed by atoms with Gasteiger partial charge in [0.25, 0.3) is 0 Å². The van der Waals surface area contributed by atoms with E-state index in [4.69, 9.17) is 16.3 Å². The zero-order chi connectivity index (χ0) is 16.9. The molecule has 7 heteroatoms. The fourth-order valence-corrected chi connectivity index (χ4v) is 3.50. The maximum Gasteiger partial charge on any atom is 0.191 e. The maximum absolute atomic E-state index is 14.5. The number of hydrogen-bond donors (Lipinski definition) is 2. The quantitative estimate of drug-likeness (QED) is 0.870. The SMILES string of the molecule is CC1CN(C(CNC2=NCCCN2)c2c(F)cccc2Cl)CCO1. The Morgan fingerprint density at radius 1 is 1.54 bits per heavy atom. The van der Waals surface area contributed by atoms with Gasteiger partial charge in [-0.3, -0.25) is 9.89 Å². The molecule has 0 radical (unpaired) electrons. The Balaban J connectivity index is 1.81. The summed E-state index contributed by atoms with van der Waals surface area (Å²) in [5.41, 5.74) is 0.539. The molecule has 24 heavy (non-hydrogen) atoms. The van der Waals surface area contributed by atoms with E-state index >= 15 is 0 Å². The Morgan fingerprint density at radius 3 is 3.12 bits per heavy atom. The van der Waals surface area contributed by atoms with Crippen molar-refractivity contribution in [3.05, 3.63) is 34.6 Å².